The number of hydrogen-bond acceptors (Lipinski definition) is 4. The SMILES string of the molecule is C=C(C)C(/C=C\C(C)=O)=C\N=C(C)C.CC1CCc2ccccc21.Cc1ccc(N2CCN(C)CC2)cc1. The maximum atomic E-state index is 10.7. The summed E-state index contributed by atoms with van der Waals surface area (Å²) in [5.74, 6) is 0.825. The summed E-state index contributed by atoms with van der Waals surface area (Å²) in [6.45, 7) is 20.1. The Morgan fingerprint density at radius 3 is 2.13 bits per heavy atom. The predicted octanol–water partition coefficient (Wildman–Crippen LogP) is 7.56. The van der Waals surface area contributed by atoms with Gasteiger partial charge < -0.3 is 9.80 Å². The molecule has 0 aromatic heterocycles. The number of benzene rings is 2. The molecular weight excluding hydrogens is 466 g/mol. The number of carbonyl (C=O) groups is 1. The lowest BCUT2D eigenvalue weighted by Gasteiger charge is -2.34. The molecule has 2 aliphatic rings. The smallest absolute Gasteiger partial charge is 0.152 e. The molecular formula is C34H47N3O. The van der Waals surface area contributed by atoms with Crippen LogP contribution in [-0.2, 0) is 11.2 Å². The number of anilines is 1. The van der Waals surface area contributed by atoms with E-state index in [1.807, 2.05) is 20.8 Å². The first-order valence-electron chi connectivity index (χ1n) is 13.7. The Morgan fingerprint density at radius 1 is 0.947 bits per heavy atom. The number of rotatable bonds is 5. The number of carbonyl (C=O) groups excluding carboxylic acids is 1. The quantitative estimate of drug-likeness (QED) is 0.235. The minimum atomic E-state index is 0.0225. The number of likely N-dealkylation sites (N-methyl/N-ethyl adjacent to an activating group) is 1. The summed E-state index contributed by atoms with van der Waals surface area (Å²) in [5.41, 5.74) is 8.58. The average molecular weight is 514 g/mol. The van der Waals surface area contributed by atoms with Crippen LogP contribution in [0.1, 0.15) is 63.6 Å². The Balaban J connectivity index is 0.000000203. The van der Waals surface area contributed by atoms with Crippen LogP contribution in [0.5, 0.6) is 0 Å². The highest BCUT2D eigenvalue weighted by molar-refractivity contribution is 5.88. The highest BCUT2D eigenvalue weighted by atomic mass is 16.1. The zero-order chi connectivity index (χ0) is 28.1. The van der Waals surface area contributed by atoms with Gasteiger partial charge in [-0.25, -0.2) is 0 Å². The maximum Gasteiger partial charge on any atom is 0.152 e. The van der Waals surface area contributed by atoms with E-state index in [-0.39, 0.29) is 5.78 Å². The van der Waals surface area contributed by atoms with Crippen LogP contribution in [0.2, 0.25) is 0 Å². The van der Waals surface area contributed by atoms with Crippen LogP contribution in [0, 0.1) is 6.92 Å². The predicted molar refractivity (Wildman–Crippen MR) is 166 cm³/mol. The fourth-order valence-corrected chi connectivity index (χ4v) is 4.29. The largest absolute Gasteiger partial charge is 0.369 e. The summed E-state index contributed by atoms with van der Waals surface area (Å²) in [6, 6.07) is 17.6. The molecule has 1 aliphatic carbocycles. The molecule has 0 amide bonds. The summed E-state index contributed by atoms with van der Waals surface area (Å²) in [5, 5.41) is 0. The van der Waals surface area contributed by atoms with Gasteiger partial charge >= 0.3 is 0 Å². The van der Waals surface area contributed by atoms with Crippen molar-refractivity contribution >= 4 is 17.2 Å². The van der Waals surface area contributed by atoms with E-state index in [1.54, 1.807) is 23.4 Å². The standard InChI is InChI=1S/C12H18N2.C12H17NO.C10H12/c1-11-3-5-12(6-4-11)14-9-7-13(2)8-10-14;1-9(2)12(7-6-11(5)14)8-13-10(3)4;1-8-6-7-9-4-2-3-5-10(8)9/h3-6H,7-10H2,1-2H3;6-8H,1H2,2-5H3;2-5,8H,6-7H2,1H3/b;7-6-,12-8-;. The van der Waals surface area contributed by atoms with Gasteiger partial charge in [0.25, 0.3) is 0 Å². The van der Waals surface area contributed by atoms with Crippen molar-refractivity contribution in [1.29, 1.82) is 0 Å². The van der Waals surface area contributed by atoms with Crippen molar-refractivity contribution in [2.45, 2.75) is 60.3 Å². The summed E-state index contributed by atoms with van der Waals surface area (Å²) < 4.78 is 0. The Morgan fingerprint density at radius 2 is 1.58 bits per heavy atom. The normalized spacial score (nSPS) is 17.1. The lowest BCUT2D eigenvalue weighted by Crippen LogP contribution is -2.44. The van der Waals surface area contributed by atoms with E-state index in [9.17, 15) is 4.79 Å². The number of ketones is 1. The summed E-state index contributed by atoms with van der Waals surface area (Å²) in [7, 11) is 2.19. The number of fused-ring (bicyclic) bond motifs is 1. The molecule has 1 fully saturated rings. The molecule has 0 bridgehead atoms. The molecule has 0 radical (unpaired) electrons. The number of aliphatic imine (C=N–C) groups is 1. The van der Waals surface area contributed by atoms with E-state index in [0.717, 1.165) is 35.9 Å². The van der Waals surface area contributed by atoms with E-state index in [2.05, 4.69) is 90.8 Å². The first kappa shape index (κ1) is 31.0. The van der Waals surface area contributed by atoms with Crippen molar-refractivity contribution in [2.24, 2.45) is 4.99 Å². The number of hydrogen-bond donors (Lipinski definition) is 0. The van der Waals surface area contributed by atoms with Crippen LogP contribution < -0.4 is 4.90 Å². The van der Waals surface area contributed by atoms with Crippen LogP contribution in [0.25, 0.3) is 0 Å². The van der Waals surface area contributed by atoms with Crippen molar-refractivity contribution in [3.63, 3.8) is 0 Å². The third-order valence-electron chi connectivity index (χ3n) is 6.79. The topological polar surface area (TPSA) is 35.9 Å². The minimum Gasteiger partial charge on any atom is -0.369 e. The highest BCUT2D eigenvalue weighted by Crippen LogP contribution is 2.31. The summed E-state index contributed by atoms with van der Waals surface area (Å²) in [6.07, 6.45) is 7.60. The number of nitrogens with zero attached hydrogens (tertiary/aromatic N) is 3. The number of allylic oxidation sites excluding steroid dienone is 4. The van der Waals surface area contributed by atoms with Crippen LogP contribution in [-0.4, -0.2) is 49.6 Å². The van der Waals surface area contributed by atoms with E-state index in [4.69, 9.17) is 0 Å². The zero-order valence-corrected chi connectivity index (χ0v) is 24.6. The zero-order valence-electron chi connectivity index (χ0n) is 24.6. The minimum absolute atomic E-state index is 0.0225. The molecule has 1 heterocycles. The molecule has 38 heavy (non-hydrogen) atoms. The third kappa shape index (κ3) is 11.0. The highest BCUT2D eigenvalue weighted by Gasteiger charge is 2.16. The molecule has 1 unspecified atom stereocenters. The molecule has 1 saturated heterocycles. The third-order valence-corrected chi connectivity index (χ3v) is 6.79. The molecule has 1 aliphatic heterocycles. The van der Waals surface area contributed by atoms with Crippen LogP contribution in [0.4, 0.5) is 5.69 Å². The van der Waals surface area contributed by atoms with Gasteiger partial charge in [0.15, 0.2) is 5.78 Å². The van der Waals surface area contributed by atoms with Gasteiger partial charge in [-0.2, -0.15) is 0 Å². The molecule has 0 spiro atoms. The van der Waals surface area contributed by atoms with E-state index >= 15 is 0 Å². The molecule has 4 rings (SSSR count). The summed E-state index contributed by atoms with van der Waals surface area (Å²) >= 11 is 0. The second-order valence-electron chi connectivity index (χ2n) is 10.6. The van der Waals surface area contributed by atoms with Crippen LogP contribution in [0.3, 0.4) is 0 Å². The average Bonchev–Trinajstić information content (AvgIpc) is 3.26. The van der Waals surface area contributed by atoms with Gasteiger partial charge in [-0.1, -0.05) is 55.5 Å². The van der Waals surface area contributed by atoms with Crippen molar-refractivity contribution in [3.05, 3.63) is 101 Å². The van der Waals surface area contributed by atoms with Gasteiger partial charge in [0.2, 0.25) is 0 Å². The first-order valence-corrected chi connectivity index (χ1v) is 13.7. The molecule has 0 N–H and O–H groups in total. The maximum absolute atomic E-state index is 10.7. The summed E-state index contributed by atoms with van der Waals surface area (Å²) in [4.78, 5) is 19.7. The Labute approximate surface area is 231 Å². The fourth-order valence-electron chi connectivity index (χ4n) is 4.29. The molecule has 4 heteroatoms. The van der Waals surface area contributed by atoms with Crippen molar-refractivity contribution in [3.8, 4) is 0 Å². The molecule has 2 aromatic carbocycles. The van der Waals surface area contributed by atoms with E-state index in [0.29, 0.717) is 0 Å². The van der Waals surface area contributed by atoms with E-state index < -0.39 is 0 Å². The van der Waals surface area contributed by atoms with Gasteiger partial charge in [-0.05, 0) is 107 Å². The molecule has 0 saturated carbocycles. The number of piperazine rings is 1. The lowest BCUT2D eigenvalue weighted by atomic mass is 10.0. The van der Waals surface area contributed by atoms with Gasteiger partial charge in [0.05, 0.1) is 0 Å². The fraction of sp³-hybridized carbons (Fsp3) is 0.412. The second kappa shape index (κ2) is 15.9. The molecule has 204 valence electrons. The molecule has 1 atom stereocenters. The van der Waals surface area contributed by atoms with Gasteiger partial charge in [-0.3, -0.25) is 9.79 Å². The Kier molecular flexibility index (Phi) is 12.9. The van der Waals surface area contributed by atoms with Crippen molar-refractivity contribution in [2.75, 3.05) is 38.1 Å². The van der Waals surface area contributed by atoms with Crippen LogP contribution >= 0.6 is 0 Å². The van der Waals surface area contributed by atoms with Gasteiger partial charge in [0, 0.05) is 43.8 Å². The Hall–Kier alpha value is -3.24. The first-order chi connectivity index (χ1) is 18.1. The van der Waals surface area contributed by atoms with Gasteiger partial charge in [0.1, 0.15) is 0 Å². The Bertz CT molecular complexity index is 1130. The lowest BCUT2D eigenvalue weighted by molar-refractivity contribution is -0.112. The van der Waals surface area contributed by atoms with Crippen LogP contribution in [0.15, 0.2) is 89.6 Å². The monoisotopic (exact) mass is 513 g/mol. The van der Waals surface area contributed by atoms with E-state index in [1.165, 1.54) is 50.2 Å². The number of aryl methyl sites for hydroxylation is 2. The molecule has 4 nitrogen and oxygen atoms in total. The van der Waals surface area contributed by atoms with Gasteiger partial charge in [-0.15, -0.1) is 0 Å². The molecule has 2 aromatic rings. The van der Waals surface area contributed by atoms with Crippen molar-refractivity contribution in [1.82, 2.24) is 4.90 Å². The van der Waals surface area contributed by atoms with Crippen molar-refractivity contribution < 1.29 is 4.79 Å². The second-order valence-corrected chi connectivity index (χ2v) is 10.6.